The number of amides is 1. The van der Waals surface area contributed by atoms with Gasteiger partial charge in [-0.15, -0.1) is 0 Å². The fourth-order valence-corrected chi connectivity index (χ4v) is 4.74. The average Bonchev–Trinajstić information content (AvgIpc) is 2.87. The molecular formula is C26H31N3O5. The van der Waals surface area contributed by atoms with Gasteiger partial charge in [0.1, 0.15) is 6.54 Å². The van der Waals surface area contributed by atoms with E-state index >= 15 is 0 Å². The fourth-order valence-electron chi connectivity index (χ4n) is 4.74. The predicted molar refractivity (Wildman–Crippen MR) is 131 cm³/mol. The minimum absolute atomic E-state index is 0.113. The number of carbonyl (C=O) groups is 1. The molecule has 0 radical (unpaired) electrons. The average molecular weight is 466 g/mol. The highest BCUT2D eigenvalue weighted by Crippen LogP contribution is 2.28. The van der Waals surface area contributed by atoms with Crippen molar-refractivity contribution in [2.45, 2.75) is 51.1 Å². The van der Waals surface area contributed by atoms with Crippen LogP contribution in [0.25, 0.3) is 10.9 Å². The molecule has 1 amide bonds. The molecule has 0 spiro atoms. The maximum absolute atomic E-state index is 13.4. The van der Waals surface area contributed by atoms with Gasteiger partial charge in [0.25, 0.3) is 5.56 Å². The van der Waals surface area contributed by atoms with Crippen molar-refractivity contribution < 1.29 is 14.3 Å². The number of hydrogen-bond donors (Lipinski definition) is 1. The smallest absolute Gasteiger partial charge is 0.332 e. The molecule has 4 rings (SSSR count). The number of nitrogens with one attached hydrogen (secondary N) is 1. The SMILES string of the molecule is COc1ccc(CCNC(=O)Cn2c(=O)n(C3CCCCC3)c(=O)c3ccccc32)cc1OC. The van der Waals surface area contributed by atoms with Gasteiger partial charge in [-0.3, -0.25) is 18.7 Å². The van der Waals surface area contributed by atoms with E-state index in [4.69, 9.17) is 9.47 Å². The highest BCUT2D eigenvalue weighted by atomic mass is 16.5. The van der Waals surface area contributed by atoms with Crippen LogP contribution in [0.1, 0.15) is 43.7 Å². The first kappa shape index (κ1) is 23.6. The zero-order chi connectivity index (χ0) is 24.1. The van der Waals surface area contributed by atoms with Crippen LogP contribution in [0.4, 0.5) is 0 Å². The van der Waals surface area contributed by atoms with E-state index in [0.717, 1.165) is 37.7 Å². The third-order valence-corrected chi connectivity index (χ3v) is 6.51. The van der Waals surface area contributed by atoms with Gasteiger partial charge in [-0.25, -0.2) is 4.79 Å². The number of hydrogen-bond acceptors (Lipinski definition) is 5. The topological polar surface area (TPSA) is 91.6 Å². The standard InChI is InChI=1S/C26H31N3O5/c1-33-22-13-12-18(16-23(22)34-2)14-15-27-24(30)17-28-21-11-7-6-10-20(21)25(31)29(26(28)32)19-8-4-3-5-9-19/h6-7,10-13,16,19H,3-5,8-9,14-15,17H2,1-2H3,(H,27,30). The number of nitrogens with zero attached hydrogens (tertiary/aromatic N) is 2. The fraction of sp³-hybridized carbons (Fsp3) is 0.423. The molecule has 180 valence electrons. The summed E-state index contributed by atoms with van der Waals surface area (Å²) in [5.41, 5.74) is 0.800. The van der Waals surface area contributed by atoms with Crippen LogP contribution in [0, 0.1) is 0 Å². The summed E-state index contributed by atoms with van der Waals surface area (Å²) in [7, 11) is 3.17. The van der Waals surface area contributed by atoms with Crippen LogP contribution in [-0.2, 0) is 17.8 Å². The number of benzene rings is 2. The number of fused-ring (bicyclic) bond motifs is 1. The summed E-state index contributed by atoms with van der Waals surface area (Å²) in [4.78, 5) is 39.3. The summed E-state index contributed by atoms with van der Waals surface area (Å²) >= 11 is 0. The number of ether oxygens (including phenoxy) is 2. The molecule has 34 heavy (non-hydrogen) atoms. The summed E-state index contributed by atoms with van der Waals surface area (Å²) in [5.74, 6) is 1.01. The Morgan fingerprint density at radius 2 is 1.74 bits per heavy atom. The van der Waals surface area contributed by atoms with E-state index < -0.39 is 5.69 Å². The highest BCUT2D eigenvalue weighted by molar-refractivity contribution is 5.81. The summed E-state index contributed by atoms with van der Waals surface area (Å²) in [6.07, 6.45) is 5.34. The minimum atomic E-state index is -0.411. The van der Waals surface area contributed by atoms with Gasteiger partial charge in [0.05, 0.1) is 25.1 Å². The normalized spacial score (nSPS) is 14.2. The second-order valence-electron chi connectivity index (χ2n) is 8.64. The molecule has 1 N–H and O–H groups in total. The number of carbonyl (C=O) groups excluding carboxylic acids is 1. The van der Waals surface area contributed by atoms with Crippen molar-refractivity contribution in [1.82, 2.24) is 14.5 Å². The van der Waals surface area contributed by atoms with Crippen molar-refractivity contribution in [1.29, 1.82) is 0 Å². The van der Waals surface area contributed by atoms with Crippen molar-refractivity contribution in [3.63, 3.8) is 0 Å². The van der Waals surface area contributed by atoms with E-state index in [-0.39, 0.29) is 24.1 Å². The van der Waals surface area contributed by atoms with E-state index in [2.05, 4.69) is 5.32 Å². The van der Waals surface area contributed by atoms with Crippen molar-refractivity contribution in [3.8, 4) is 11.5 Å². The van der Waals surface area contributed by atoms with Gasteiger partial charge in [-0.2, -0.15) is 0 Å². The Hall–Kier alpha value is -3.55. The minimum Gasteiger partial charge on any atom is -0.493 e. The van der Waals surface area contributed by atoms with Gasteiger partial charge >= 0.3 is 5.69 Å². The van der Waals surface area contributed by atoms with Crippen molar-refractivity contribution in [3.05, 3.63) is 68.9 Å². The molecule has 0 saturated heterocycles. The molecule has 8 heteroatoms. The Balaban J connectivity index is 1.53. The lowest BCUT2D eigenvalue weighted by Gasteiger charge is -2.24. The number of methoxy groups -OCH3 is 2. The maximum atomic E-state index is 13.4. The van der Waals surface area contributed by atoms with Gasteiger partial charge in [0.15, 0.2) is 11.5 Å². The summed E-state index contributed by atoms with van der Waals surface area (Å²) in [6, 6.07) is 12.5. The number of aromatic nitrogens is 2. The van der Waals surface area contributed by atoms with Gasteiger partial charge < -0.3 is 14.8 Å². The summed E-state index contributed by atoms with van der Waals surface area (Å²) in [5, 5.41) is 3.36. The second-order valence-corrected chi connectivity index (χ2v) is 8.64. The third-order valence-electron chi connectivity index (χ3n) is 6.51. The second kappa shape index (κ2) is 10.6. The molecule has 0 aliphatic heterocycles. The number of para-hydroxylation sites is 1. The largest absolute Gasteiger partial charge is 0.493 e. The molecular weight excluding hydrogens is 434 g/mol. The monoisotopic (exact) mass is 465 g/mol. The summed E-state index contributed by atoms with van der Waals surface area (Å²) < 4.78 is 13.4. The lowest BCUT2D eigenvalue weighted by atomic mass is 9.95. The molecule has 3 aromatic rings. The first-order chi connectivity index (χ1) is 16.5. The predicted octanol–water partition coefficient (Wildman–Crippen LogP) is 3.04. The van der Waals surface area contributed by atoms with Crippen LogP contribution in [0.2, 0.25) is 0 Å². The molecule has 0 bridgehead atoms. The van der Waals surface area contributed by atoms with E-state index in [1.165, 1.54) is 9.13 Å². The molecule has 0 unspecified atom stereocenters. The number of rotatable bonds is 8. The van der Waals surface area contributed by atoms with E-state index in [1.807, 2.05) is 18.2 Å². The highest BCUT2D eigenvalue weighted by Gasteiger charge is 2.22. The first-order valence-electron chi connectivity index (χ1n) is 11.7. The van der Waals surface area contributed by atoms with Gasteiger partial charge in [0.2, 0.25) is 5.91 Å². The Morgan fingerprint density at radius 1 is 1.00 bits per heavy atom. The van der Waals surface area contributed by atoms with Crippen LogP contribution >= 0.6 is 0 Å². The van der Waals surface area contributed by atoms with Crippen LogP contribution in [0.3, 0.4) is 0 Å². The Kier molecular flexibility index (Phi) is 7.35. The van der Waals surface area contributed by atoms with E-state index in [9.17, 15) is 14.4 Å². The zero-order valence-electron chi connectivity index (χ0n) is 19.7. The van der Waals surface area contributed by atoms with E-state index in [0.29, 0.717) is 35.4 Å². The molecule has 1 fully saturated rings. The van der Waals surface area contributed by atoms with Crippen molar-refractivity contribution >= 4 is 16.8 Å². The maximum Gasteiger partial charge on any atom is 0.332 e. The third kappa shape index (κ3) is 4.85. The zero-order valence-corrected chi connectivity index (χ0v) is 19.7. The molecule has 1 aliphatic rings. The lowest BCUT2D eigenvalue weighted by Crippen LogP contribution is -2.44. The van der Waals surface area contributed by atoms with Crippen molar-refractivity contribution in [2.24, 2.45) is 0 Å². The first-order valence-corrected chi connectivity index (χ1v) is 11.7. The molecule has 1 aliphatic carbocycles. The van der Waals surface area contributed by atoms with Crippen LogP contribution in [0.15, 0.2) is 52.1 Å². The Bertz CT molecular complexity index is 1290. The molecule has 1 aromatic heterocycles. The van der Waals surface area contributed by atoms with E-state index in [1.54, 1.807) is 38.5 Å². The summed E-state index contributed by atoms with van der Waals surface area (Å²) in [6.45, 7) is 0.265. The lowest BCUT2D eigenvalue weighted by molar-refractivity contribution is -0.121. The molecule has 1 saturated carbocycles. The van der Waals surface area contributed by atoms with Gasteiger partial charge in [-0.1, -0.05) is 37.5 Å². The molecule has 8 nitrogen and oxygen atoms in total. The quantitative estimate of drug-likeness (QED) is 0.552. The van der Waals surface area contributed by atoms with Crippen LogP contribution in [0.5, 0.6) is 11.5 Å². The molecule has 1 heterocycles. The van der Waals surface area contributed by atoms with Crippen molar-refractivity contribution in [2.75, 3.05) is 20.8 Å². The Labute approximate surface area is 198 Å². The van der Waals surface area contributed by atoms with Crippen LogP contribution < -0.4 is 26.0 Å². The van der Waals surface area contributed by atoms with Gasteiger partial charge in [-0.05, 0) is 49.1 Å². The van der Waals surface area contributed by atoms with Crippen LogP contribution in [-0.4, -0.2) is 35.8 Å². The molecule has 2 aromatic carbocycles. The molecule has 0 atom stereocenters. The van der Waals surface area contributed by atoms with Gasteiger partial charge in [0, 0.05) is 12.6 Å². The Morgan fingerprint density at radius 3 is 2.47 bits per heavy atom.